The first-order valence-electron chi connectivity index (χ1n) is 5.41. The fourth-order valence-corrected chi connectivity index (χ4v) is 1.56. The minimum Gasteiger partial charge on any atom is -0.457 e. The molecule has 0 N–H and O–H groups in total. The SMILES string of the molecule is Cc1cc(C#N)ccc1Oc1ccc(C#N)cc1. The smallest absolute Gasteiger partial charge is 0.130 e. The van der Waals surface area contributed by atoms with E-state index in [1.807, 2.05) is 6.92 Å². The lowest BCUT2D eigenvalue weighted by Crippen LogP contribution is -1.88. The van der Waals surface area contributed by atoms with Gasteiger partial charge in [0.05, 0.1) is 23.3 Å². The van der Waals surface area contributed by atoms with Crippen LogP contribution in [0.25, 0.3) is 0 Å². The van der Waals surface area contributed by atoms with Crippen LogP contribution in [-0.2, 0) is 0 Å². The van der Waals surface area contributed by atoms with Crippen LogP contribution in [-0.4, -0.2) is 0 Å². The van der Waals surface area contributed by atoms with Crippen LogP contribution in [0.5, 0.6) is 11.5 Å². The topological polar surface area (TPSA) is 56.8 Å². The first-order chi connectivity index (χ1) is 8.72. The number of rotatable bonds is 2. The third-order valence-electron chi connectivity index (χ3n) is 2.52. The van der Waals surface area contributed by atoms with Crippen molar-refractivity contribution in [2.45, 2.75) is 6.92 Å². The Morgan fingerprint density at radius 3 is 2.06 bits per heavy atom. The Bertz CT molecular complexity index is 646. The first kappa shape index (κ1) is 11.7. The molecule has 2 aromatic carbocycles. The van der Waals surface area contributed by atoms with Gasteiger partial charge in [-0.25, -0.2) is 0 Å². The summed E-state index contributed by atoms with van der Waals surface area (Å²) in [7, 11) is 0. The fraction of sp³-hybridized carbons (Fsp3) is 0.0667. The Balaban J connectivity index is 2.24. The van der Waals surface area contributed by atoms with E-state index in [4.69, 9.17) is 15.3 Å². The maximum Gasteiger partial charge on any atom is 0.130 e. The number of benzene rings is 2. The number of hydrogen-bond donors (Lipinski definition) is 0. The Morgan fingerprint density at radius 2 is 1.50 bits per heavy atom. The summed E-state index contributed by atoms with van der Waals surface area (Å²) in [4.78, 5) is 0. The van der Waals surface area contributed by atoms with Crippen molar-refractivity contribution >= 4 is 0 Å². The van der Waals surface area contributed by atoms with E-state index < -0.39 is 0 Å². The predicted molar refractivity (Wildman–Crippen MR) is 67.1 cm³/mol. The van der Waals surface area contributed by atoms with Gasteiger partial charge in [-0.1, -0.05) is 0 Å². The number of nitriles is 2. The molecule has 0 fully saturated rings. The van der Waals surface area contributed by atoms with Gasteiger partial charge in [0.2, 0.25) is 0 Å². The van der Waals surface area contributed by atoms with Crippen molar-refractivity contribution in [2.75, 3.05) is 0 Å². The molecule has 2 rings (SSSR count). The van der Waals surface area contributed by atoms with E-state index in [2.05, 4.69) is 12.1 Å². The van der Waals surface area contributed by atoms with Crippen LogP contribution in [0.1, 0.15) is 16.7 Å². The van der Waals surface area contributed by atoms with Gasteiger partial charge >= 0.3 is 0 Å². The number of hydrogen-bond acceptors (Lipinski definition) is 3. The molecule has 86 valence electrons. The van der Waals surface area contributed by atoms with Crippen LogP contribution in [0, 0.1) is 29.6 Å². The Hall–Kier alpha value is -2.78. The van der Waals surface area contributed by atoms with Crippen LogP contribution in [0.3, 0.4) is 0 Å². The molecule has 0 aliphatic rings. The molecule has 0 aromatic heterocycles. The summed E-state index contributed by atoms with van der Waals surface area (Å²) in [6.45, 7) is 1.89. The van der Waals surface area contributed by atoms with Gasteiger partial charge in [0.15, 0.2) is 0 Å². The van der Waals surface area contributed by atoms with Crippen molar-refractivity contribution in [1.82, 2.24) is 0 Å². The molecule has 2 aromatic rings. The standard InChI is InChI=1S/C15H10N2O/c1-11-8-13(10-17)4-7-15(11)18-14-5-2-12(9-16)3-6-14/h2-8H,1H3. The van der Waals surface area contributed by atoms with Gasteiger partial charge in [-0.2, -0.15) is 10.5 Å². The zero-order valence-corrected chi connectivity index (χ0v) is 9.84. The lowest BCUT2D eigenvalue weighted by Gasteiger charge is -2.08. The molecule has 0 aliphatic heterocycles. The number of aryl methyl sites for hydroxylation is 1. The minimum absolute atomic E-state index is 0.596. The van der Waals surface area contributed by atoms with E-state index in [0.29, 0.717) is 22.6 Å². The second kappa shape index (κ2) is 5.03. The number of nitrogens with zero attached hydrogens (tertiary/aromatic N) is 2. The van der Waals surface area contributed by atoms with Crippen molar-refractivity contribution in [3.8, 4) is 23.6 Å². The van der Waals surface area contributed by atoms with Crippen LogP contribution in [0.15, 0.2) is 42.5 Å². The van der Waals surface area contributed by atoms with E-state index in [9.17, 15) is 0 Å². The maximum absolute atomic E-state index is 8.78. The molecular weight excluding hydrogens is 224 g/mol. The Labute approximate surface area is 105 Å². The molecular formula is C15H10N2O. The highest BCUT2D eigenvalue weighted by Crippen LogP contribution is 2.25. The Kier molecular flexibility index (Phi) is 3.27. The molecule has 0 saturated heterocycles. The molecule has 0 heterocycles. The van der Waals surface area contributed by atoms with Gasteiger partial charge in [-0.05, 0) is 55.0 Å². The predicted octanol–water partition coefficient (Wildman–Crippen LogP) is 3.53. The molecule has 0 unspecified atom stereocenters. The zero-order valence-electron chi connectivity index (χ0n) is 9.84. The Morgan fingerprint density at radius 1 is 0.889 bits per heavy atom. The van der Waals surface area contributed by atoms with E-state index >= 15 is 0 Å². The van der Waals surface area contributed by atoms with Crippen molar-refractivity contribution < 1.29 is 4.74 Å². The minimum atomic E-state index is 0.596. The van der Waals surface area contributed by atoms with Gasteiger partial charge < -0.3 is 4.74 Å². The highest BCUT2D eigenvalue weighted by molar-refractivity contribution is 5.44. The van der Waals surface area contributed by atoms with Crippen molar-refractivity contribution in [3.63, 3.8) is 0 Å². The highest BCUT2D eigenvalue weighted by Gasteiger charge is 2.02. The van der Waals surface area contributed by atoms with Crippen molar-refractivity contribution in [3.05, 3.63) is 59.2 Å². The summed E-state index contributed by atoms with van der Waals surface area (Å²) in [6, 6.07) is 16.3. The van der Waals surface area contributed by atoms with Gasteiger partial charge in [-0.15, -0.1) is 0 Å². The van der Waals surface area contributed by atoms with E-state index in [1.165, 1.54) is 0 Å². The van der Waals surface area contributed by atoms with Crippen LogP contribution in [0.2, 0.25) is 0 Å². The second-order valence-corrected chi connectivity index (χ2v) is 3.83. The fourth-order valence-electron chi connectivity index (χ4n) is 1.56. The molecule has 18 heavy (non-hydrogen) atoms. The molecule has 0 radical (unpaired) electrons. The van der Waals surface area contributed by atoms with Crippen LogP contribution in [0.4, 0.5) is 0 Å². The van der Waals surface area contributed by atoms with E-state index in [1.54, 1.807) is 42.5 Å². The number of ether oxygens (including phenoxy) is 1. The van der Waals surface area contributed by atoms with Crippen molar-refractivity contribution in [2.24, 2.45) is 0 Å². The first-order valence-corrected chi connectivity index (χ1v) is 5.41. The molecule has 3 heteroatoms. The zero-order chi connectivity index (χ0) is 13.0. The average molecular weight is 234 g/mol. The van der Waals surface area contributed by atoms with Gasteiger partial charge in [0, 0.05) is 0 Å². The maximum atomic E-state index is 8.78. The highest BCUT2D eigenvalue weighted by atomic mass is 16.5. The lowest BCUT2D eigenvalue weighted by atomic mass is 10.1. The lowest BCUT2D eigenvalue weighted by molar-refractivity contribution is 0.479. The summed E-state index contributed by atoms with van der Waals surface area (Å²) >= 11 is 0. The third kappa shape index (κ3) is 2.48. The molecule has 0 atom stereocenters. The van der Waals surface area contributed by atoms with Crippen LogP contribution < -0.4 is 4.74 Å². The molecule has 0 saturated carbocycles. The second-order valence-electron chi connectivity index (χ2n) is 3.83. The summed E-state index contributed by atoms with van der Waals surface area (Å²) in [5.41, 5.74) is 2.11. The van der Waals surface area contributed by atoms with Gasteiger partial charge in [-0.3, -0.25) is 0 Å². The van der Waals surface area contributed by atoms with Gasteiger partial charge in [0.25, 0.3) is 0 Å². The van der Waals surface area contributed by atoms with Crippen LogP contribution >= 0.6 is 0 Å². The monoisotopic (exact) mass is 234 g/mol. The largest absolute Gasteiger partial charge is 0.457 e. The summed E-state index contributed by atoms with van der Waals surface area (Å²) in [5, 5.41) is 17.5. The average Bonchev–Trinajstić information content (AvgIpc) is 2.42. The van der Waals surface area contributed by atoms with E-state index in [0.717, 1.165) is 5.56 Å². The molecule has 0 spiro atoms. The summed E-state index contributed by atoms with van der Waals surface area (Å²) in [5.74, 6) is 1.38. The molecule has 3 nitrogen and oxygen atoms in total. The van der Waals surface area contributed by atoms with E-state index in [-0.39, 0.29) is 0 Å². The normalized spacial score (nSPS) is 9.28. The molecule has 0 bridgehead atoms. The third-order valence-corrected chi connectivity index (χ3v) is 2.52. The summed E-state index contributed by atoms with van der Waals surface area (Å²) in [6.07, 6.45) is 0. The molecule has 0 amide bonds. The quantitative estimate of drug-likeness (QED) is 0.798. The molecule has 0 aliphatic carbocycles. The van der Waals surface area contributed by atoms with Crippen molar-refractivity contribution in [1.29, 1.82) is 10.5 Å². The van der Waals surface area contributed by atoms with Gasteiger partial charge in [0.1, 0.15) is 11.5 Å². The summed E-state index contributed by atoms with van der Waals surface area (Å²) < 4.78 is 5.69.